The molecule has 1 aromatic carbocycles. The number of nitrogens with one attached hydrogen (secondary N) is 1. The Morgan fingerprint density at radius 1 is 1.18 bits per heavy atom. The van der Waals surface area contributed by atoms with Crippen LogP contribution in [0.4, 0.5) is 5.69 Å². The summed E-state index contributed by atoms with van der Waals surface area (Å²) in [5, 5.41) is 3.39. The van der Waals surface area contributed by atoms with Crippen LogP contribution in [0.3, 0.4) is 0 Å². The molecule has 0 amide bonds. The van der Waals surface area contributed by atoms with Gasteiger partial charge in [-0.15, -0.1) is 0 Å². The monoisotopic (exact) mass is 235 g/mol. The summed E-state index contributed by atoms with van der Waals surface area (Å²) in [6.45, 7) is 8.48. The summed E-state index contributed by atoms with van der Waals surface area (Å²) in [4.78, 5) is 0. The number of ether oxygens (including phenoxy) is 1. The van der Waals surface area contributed by atoms with Crippen molar-refractivity contribution < 1.29 is 4.74 Å². The summed E-state index contributed by atoms with van der Waals surface area (Å²) in [6, 6.07) is 8.24. The van der Waals surface area contributed by atoms with Crippen LogP contribution >= 0.6 is 0 Å². The van der Waals surface area contributed by atoms with E-state index in [1.165, 1.54) is 18.5 Å². The van der Waals surface area contributed by atoms with Crippen LogP contribution in [-0.2, 0) is 0 Å². The number of hydrogen-bond acceptors (Lipinski definition) is 2. The van der Waals surface area contributed by atoms with E-state index in [0.717, 1.165) is 25.3 Å². The highest BCUT2D eigenvalue weighted by atomic mass is 16.5. The summed E-state index contributed by atoms with van der Waals surface area (Å²) < 4.78 is 5.67. The average Bonchev–Trinajstić information content (AvgIpc) is 2.31. The Morgan fingerprint density at radius 3 is 2.47 bits per heavy atom. The van der Waals surface area contributed by atoms with Gasteiger partial charge in [-0.05, 0) is 43.0 Å². The van der Waals surface area contributed by atoms with E-state index >= 15 is 0 Å². The lowest BCUT2D eigenvalue weighted by Crippen LogP contribution is -2.02. The van der Waals surface area contributed by atoms with E-state index in [9.17, 15) is 0 Å². The fourth-order valence-electron chi connectivity index (χ4n) is 1.49. The third-order valence-corrected chi connectivity index (χ3v) is 2.68. The molecule has 0 saturated heterocycles. The van der Waals surface area contributed by atoms with Crippen LogP contribution in [-0.4, -0.2) is 13.2 Å². The summed E-state index contributed by atoms with van der Waals surface area (Å²) in [6.07, 6.45) is 3.55. The van der Waals surface area contributed by atoms with Gasteiger partial charge in [0.25, 0.3) is 0 Å². The van der Waals surface area contributed by atoms with Crippen molar-refractivity contribution in [2.45, 2.75) is 40.0 Å². The first-order valence-corrected chi connectivity index (χ1v) is 6.69. The maximum absolute atomic E-state index is 5.67. The lowest BCUT2D eigenvalue weighted by atomic mass is 10.1. The summed E-state index contributed by atoms with van der Waals surface area (Å²) >= 11 is 0. The average molecular weight is 235 g/mol. The van der Waals surface area contributed by atoms with Crippen molar-refractivity contribution in [3.63, 3.8) is 0 Å². The molecule has 0 heterocycles. The van der Waals surface area contributed by atoms with Gasteiger partial charge in [-0.2, -0.15) is 0 Å². The maximum Gasteiger partial charge on any atom is 0.119 e. The van der Waals surface area contributed by atoms with Gasteiger partial charge in [0.2, 0.25) is 0 Å². The van der Waals surface area contributed by atoms with Crippen LogP contribution in [0.2, 0.25) is 0 Å². The molecule has 96 valence electrons. The number of unbranched alkanes of at least 4 members (excludes halogenated alkanes) is 1. The van der Waals surface area contributed by atoms with E-state index in [2.05, 4.69) is 38.2 Å². The number of rotatable bonds is 8. The van der Waals surface area contributed by atoms with Crippen molar-refractivity contribution in [3.8, 4) is 5.75 Å². The smallest absolute Gasteiger partial charge is 0.119 e. The van der Waals surface area contributed by atoms with Gasteiger partial charge >= 0.3 is 0 Å². The SMILES string of the molecule is CCCCNc1ccc(OCCC(C)C)cc1. The van der Waals surface area contributed by atoms with Gasteiger partial charge < -0.3 is 10.1 Å². The van der Waals surface area contributed by atoms with Crippen molar-refractivity contribution in [2.24, 2.45) is 5.92 Å². The second kappa shape index (κ2) is 7.99. The molecule has 0 atom stereocenters. The molecule has 0 fully saturated rings. The molecule has 0 unspecified atom stereocenters. The highest BCUT2D eigenvalue weighted by Crippen LogP contribution is 2.16. The topological polar surface area (TPSA) is 21.3 Å². The lowest BCUT2D eigenvalue weighted by Gasteiger charge is -2.09. The maximum atomic E-state index is 5.67. The fourth-order valence-corrected chi connectivity index (χ4v) is 1.49. The van der Waals surface area contributed by atoms with Gasteiger partial charge in [0.05, 0.1) is 6.61 Å². The Morgan fingerprint density at radius 2 is 1.88 bits per heavy atom. The molecule has 0 aliphatic heterocycles. The summed E-state index contributed by atoms with van der Waals surface area (Å²) in [5.41, 5.74) is 1.18. The molecule has 1 aromatic rings. The zero-order valence-electron chi connectivity index (χ0n) is 11.3. The molecule has 0 saturated carbocycles. The minimum Gasteiger partial charge on any atom is -0.494 e. The quantitative estimate of drug-likeness (QED) is 0.677. The van der Waals surface area contributed by atoms with Crippen LogP contribution < -0.4 is 10.1 Å². The van der Waals surface area contributed by atoms with Gasteiger partial charge in [-0.3, -0.25) is 0 Å². The van der Waals surface area contributed by atoms with E-state index in [-0.39, 0.29) is 0 Å². The van der Waals surface area contributed by atoms with Crippen molar-refractivity contribution in [1.29, 1.82) is 0 Å². The summed E-state index contributed by atoms with van der Waals surface area (Å²) in [7, 11) is 0. The highest BCUT2D eigenvalue weighted by Gasteiger charge is 1.97. The van der Waals surface area contributed by atoms with Gasteiger partial charge in [-0.1, -0.05) is 27.2 Å². The minimum atomic E-state index is 0.699. The molecular weight excluding hydrogens is 210 g/mol. The molecule has 0 spiro atoms. The van der Waals surface area contributed by atoms with E-state index in [0.29, 0.717) is 5.92 Å². The van der Waals surface area contributed by atoms with Gasteiger partial charge in [0.15, 0.2) is 0 Å². The zero-order chi connectivity index (χ0) is 12.5. The zero-order valence-corrected chi connectivity index (χ0v) is 11.3. The van der Waals surface area contributed by atoms with Gasteiger partial charge in [0.1, 0.15) is 5.75 Å². The molecule has 0 aliphatic rings. The summed E-state index contributed by atoms with van der Waals surface area (Å²) in [5.74, 6) is 1.66. The number of benzene rings is 1. The van der Waals surface area contributed by atoms with Crippen LogP contribution in [0.15, 0.2) is 24.3 Å². The Kier molecular flexibility index (Phi) is 6.53. The van der Waals surface area contributed by atoms with E-state index in [1.54, 1.807) is 0 Å². The van der Waals surface area contributed by atoms with Crippen LogP contribution in [0, 0.1) is 5.92 Å². The van der Waals surface area contributed by atoms with Crippen LogP contribution in [0.5, 0.6) is 5.75 Å². The largest absolute Gasteiger partial charge is 0.494 e. The predicted octanol–water partition coefficient (Wildman–Crippen LogP) is 4.32. The molecular formula is C15H25NO. The Hall–Kier alpha value is -1.18. The number of anilines is 1. The van der Waals surface area contributed by atoms with E-state index < -0.39 is 0 Å². The molecule has 2 heteroatoms. The third-order valence-electron chi connectivity index (χ3n) is 2.68. The first-order chi connectivity index (χ1) is 8.22. The Bertz CT molecular complexity index is 292. The normalized spacial score (nSPS) is 10.6. The molecule has 17 heavy (non-hydrogen) atoms. The minimum absolute atomic E-state index is 0.699. The first kappa shape index (κ1) is 13.9. The fraction of sp³-hybridized carbons (Fsp3) is 0.600. The van der Waals surface area contributed by atoms with Crippen molar-refractivity contribution >= 4 is 5.69 Å². The number of hydrogen-bond donors (Lipinski definition) is 1. The predicted molar refractivity (Wildman–Crippen MR) is 74.8 cm³/mol. The second-order valence-electron chi connectivity index (χ2n) is 4.84. The third kappa shape index (κ3) is 6.20. The lowest BCUT2D eigenvalue weighted by molar-refractivity contribution is 0.289. The molecule has 0 radical (unpaired) electrons. The van der Waals surface area contributed by atoms with E-state index in [4.69, 9.17) is 4.74 Å². The van der Waals surface area contributed by atoms with Crippen molar-refractivity contribution in [3.05, 3.63) is 24.3 Å². The Balaban J connectivity index is 2.29. The van der Waals surface area contributed by atoms with Crippen molar-refractivity contribution in [2.75, 3.05) is 18.5 Å². The standard InChI is InChI=1S/C15H25NO/c1-4-5-11-16-14-6-8-15(9-7-14)17-12-10-13(2)3/h6-9,13,16H,4-5,10-12H2,1-3H3. The highest BCUT2D eigenvalue weighted by molar-refractivity contribution is 5.46. The molecule has 0 bridgehead atoms. The van der Waals surface area contributed by atoms with Crippen molar-refractivity contribution in [1.82, 2.24) is 0 Å². The Labute approximate surface area is 105 Å². The van der Waals surface area contributed by atoms with Gasteiger partial charge in [0, 0.05) is 12.2 Å². The molecule has 0 aromatic heterocycles. The van der Waals surface area contributed by atoms with Crippen LogP contribution in [0.1, 0.15) is 40.0 Å². The van der Waals surface area contributed by atoms with Gasteiger partial charge in [-0.25, -0.2) is 0 Å². The second-order valence-corrected chi connectivity index (χ2v) is 4.84. The molecule has 0 aliphatic carbocycles. The van der Waals surface area contributed by atoms with Crippen LogP contribution in [0.25, 0.3) is 0 Å². The molecule has 1 rings (SSSR count). The van der Waals surface area contributed by atoms with E-state index in [1.807, 2.05) is 12.1 Å². The molecule has 1 N–H and O–H groups in total. The first-order valence-electron chi connectivity index (χ1n) is 6.69. The molecule has 2 nitrogen and oxygen atoms in total.